The lowest BCUT2D eigenvalue weighted by Gasteiger charge is -2.21. The normalized spacial score (nSPS) is 15.1. The number of carbonyl (C=O) groups excluding carboxylic acids is 3. The van der Waals surface area contributed by atoms with Crippen molar-refractivity contribution < 1.29 is 33.3 Å². The maximum atomic E-state index is 15.1. The van der Waals surface area contributed by atoms with Gasteiger partial charge in [0.2, 0.25) is 0 Å². The Morgan fingerprint density at radius 1 is 0.515 bits per heavy atom. The van der Waals surface area contributed by atoms with Gasteiger partial charge in [-0.15, -0.1) is 0 Å². The van der Waals surface area contributed by atoms with Crippen molar-refractivity contribution in [3.05, 3.63) is 153 Å². The van der Waals surface area contributed by atoms with Crippen molar-refractivity contribution in [3.63, 3.8) is 0 Å². The van der Waals surface area contributed by atoms with E-state index in [1.807, 2.05) is 60.7 Å². The number of ether oxygens (including phenoxy) is 4. The number of anilines is 2. The van der Waals surface area contributed by atoms with Crippen molar-refractivity contribution in [1.29, 1.82) is 0 Å². The van der Waals surface area contributed by atoms with Gasteiger partial charge in [0.25, 0.3) is 11.8 Å². The van der Waals surface area contributed by atoms with Crippen LogP contribution in [0.4, 0.5) is 11.4 Å². The Morgan fingerprint density at radius 3 is 1.29 bits per heavy atom. The number of Topliss-reactive ketones (excluding diaryl/α,β-unsaturated/α-hetero) is 1. The van der Waals surface area contributed by atoms with Crippen LogP contribution in [0.15, 0.2) is 109 Å². The zero-order valence-corrected chi connectivity index (χ0v) is 37.6. The van der Waals surface area contributed by atoms with Crippen molar-refractivity contribution in [2.75, 3.05) is 39.1 Å². The summed E-state index contributed by atoms with van der Waals surface area (Å²) in [4.78, 5) is 49.0. The zero-order valence-electron chi connectivity index (χ0n) is 36.1. The van der Waals surface area contributed by atoms with Crippen LogP contribution in [0.3, 0.4) is 0 Å². The standard InChI is InChI=1S/C51H42Cl2N6O7/c1-63-31-17-29(18-32(21-31)64-2)56-50(61)25-5-11-41-27(13-25)15-43(58-41)35-7-9-39(52)37-23-54-47(45(35)37)49(60)48-46-36(8-10-40(53)38(46)24-55-48)44-16-28-14-26(6-12-42(28)59-44)51(62)57-30-19-33(65-3)22-34(20-30)66-4/h5-22,47-48,54-55,58-59H,23-24H2,1-4H3,(H,56,61)(H,57,62). The minimum absolute atomic E-state index is 0.0898. The lowest BCUT2D eigenvalue weighted by atomic mass is 9.87. The summed E-state index contributed by atoms with van der Waals surface area (Å²) in [6.45, 7) is 0.784. The molecule has 0 aliphatic carbocycles. The molecule has 0 saturated heterocycles. The third kappa shape index (κ3) is 7.75. The van der Waals surface area contributed by atoms with Crippen LogP contribution in [0.5, 0.6) is 23.0 Å². The van der Waals surface area contributed by atoms with Gasteiger partial charge in [-0.1, -0.05) is 35.3 Å². The molecule has 332 valence electrons. The number of hydrogen-bond acceptors (Lipinski definition) is 9. The molecule has 6 N–H and O–H groups in total. The molecule has 0 bridgehead atoms. The SMILES string of the molecule is COc1cc(NC(=O)c2ccc3[nH]c(-c4ccc(Cl)c5c4C(C(=O)C4NCc6c(Cl)ccc(-c7cc8cc(C(=O)Nc9cc(OC)cc(OC)c9)ccc8[nH]7)c64)NC5)cc3c2)cc(OC)c1. The number of fused-ring (bicyclic) bond motifs is 4. The number of ketones is 1. The molecule has 2 unspecified atom stereocenters. The number of H-pyrrole nitrogens is 2. The molecule has 2 aromatic heterocycles. The van der Waals surface area contributed by atoms with Gasteiger partial charge in [0.05, 0.1) is 40.5 Å². The van der Waals surface area contributed by atoms with Gasteiger partial charge in [0.15, 0.2) is 5.78 Å². The smallest absolute Gasteiger partial charge is 0.255 e. The fourth-order valence-corrected chi connectivity index (χ4v) is 9.50. The molecule has 0 radical (unpaired) electrons. The van der Waals surface area contributed by atoms with Gasteiger partial charge >= 0.3 is 0 Å². The minimum atomic E-state index is -0.718. The molecule has 10 rings (SSSR count). The molecule has 8 aromatic rings. The molecular weight excluding hydrogens is 880 g/mol. The summed E-state index contributed by atoms with van der Waals surface area (Å²) in [5.41, 5.74) is 10.0. The Balaban J connectivity index is 0.939. The average Bonchev–Trinajstić information content (AvgIpc) is 4.16. The molecule has 0 spiro atoms. The highest BCUT2D eigenvalue weighted by Gasteiger charge is 2.41. The Kier molecular flexibility index (Phi) is 11.2. The first kappa shape index (κ1) is 42.6. The van der Waals surface area contributed by atoms with E-state index in [4.69, 9.17) is 42.1 Å². The molecule has 2 atom stereocenters. The Morgan fingerprint density at radius 2 is 0.909 bits per heavy atom. The number of hydrogen-bond donors (Lipinski definition) is 6. The van der Waals surface area contributed by atoms with Crippen LogP contribution in [0.2, 0.25) is 10.0 Å². The van der Waals surface area contributed by atoms with Crippen molar-refractivity contribution in [1.82, 2.24) is 20.6 Å². The van der Waals surface area contributed by atoms with Crippen molar-refractivity contribution in [2.24, 2.45) is 0 Å². The van der Waals surface area contributed by atoms with Crippen LogP contribution < -0.4 is 40.2 Å². The van der Waals surface area contributed by atoms with E-state index in [0.29, 0.717) is 68.6 Å². The van der Waals surface area contributed by atoms with Gasteiger partial charge in [0, 0.05) is 126 Å². The maximum Gasteiger partial charge on any atom is 0.255 e. The number of aromatic nitrogens is 2. The second kappa shape index (κ2) is 17.3. The second-order valence-corrected chi connectivity index (χ2v) is 16.9. The number of rotatable bonds is 12. The summed E-state index contributed by atoms with van der Waals surface area (Å²) in [5.74, 6) is 1.52. The van der Waals surface area contributed by atoms with Gasteiger partial charge in [0.1, 0.15) is 23.0 Å². The largest absolute Gasteiger partial charge is 0.497 e. The number of carbonyl (C=O) groups is 3. The van der Waals surface area contributed by atoms with E-state index >= 15 is 4.79 Å². The topological polar surface area (TPSA) is 168 Å². The Labute approximate surface area is 388 Å². The second-order valence-electron chi connectivity index (χ2n) is 16.1. The van der Waals surface area contributed by atoms with Gasteiger partial charge in [-0.25, -0.2) is 0 Å². The highest BCUT2D eigenvalue weighted by atomic mass is 35.5. The van der Waals surface area contributed by atoms with E-state index in [0.717, 1.165) is 66.6 Å². The first-order valence-electron chi connectivity index (χ1n) is 21.0. The molecule has 2 aliphatic rings. The van der Waals surface area contributed by atoms with E-state index in [1.165, 1.54) is 0 Å². The monoisotopic (exact) mass is 920 g/mol. The summed E-state index contributed by atoms with van der Waals surface area (Å²) in [5, 5.41) is 15.6. The molecule has 66 heavy (non-hydrogen) atoms. The number of halogens is 2. The maximum absolute atomic E-state index is 15.1. The first-order chi connectivity index (χ1) is 32.0. The van der Waals surface area contributed by atoms with E-state index in [9.17, 15) is 9.59 Å². The quantitative estimate of drug-likeness (QED) is 0.0699. The minimum Gasteiger partial charge on any atom is -0.497 e. The highest BCUT2D eigenvalue weighted by molar-refractivity contribution is 6.32. The number of aromatic amines is 2. The van der Waals surface area contributed by atoms with Crippen LogP contribution in [0.1, 0.15) is 55.1 Å². The first-order valence-corrected chi connectivity index (χ1v) is 21.8. The van der Waals surface area contributed by atoms with Crippen LogP contribution >= 0.6 is 23.2 Å². The predicted molar refractivity (Wildman–Crippen MR) is 257 cm³/mol. The molecule has 15 heteroatoms. The highest BCUT2D eigenvalue weighted by Crippen LogP contribution is 2.45. The summed E-state index contributed by atoms with van der Waals surface area (Å²) in [6, 6.07) is 31.3. The van der Waals surface area contributed by atoms with Crippen LogP contribution in [0, 0.1) is 0 Å². The summed E-state index contributed by atoms with van der Waals surface area (Å²) in [7, 11) is 6.20. The van der Waals surface area contributed by atoms with E-state index < -0.39 is 12.1 Å². The summed E-state index contributed by atoms with van der Waals surface area (Å²) in [6.07, 6.45) is 0. The fourth-order valence-electron chi connectivity index (χ4n) is 9.03. The molecular formula is C51H42Cl2N6O7. The van der Waals surface area contributed by atoms with E-state index in [2.05, 4.69) is 31.2 Å². The molecule has 6 aromatic carbocycles. The summed E-state index contributed by atoms with van der Waals surface area (Å²) < 4.78 is 21.5. The third-order valence-corrected chi connectivity index (χ3v) is 13.0. The van der Waals surface area contributed by atoms with Crippen molar-refractivity contribution in [2.45, 2.75) is 25.2 Å². The van der Waals surface area contributed by atoms with Gasteiger partial charge < -0.3 is 39.5 Å². The van der Waals surface area contributed by atoms with Gasteiger partial charge in [-0.2, -0.15) is 0 Å². The predicted octanol–water partition coefficient (Wildman–Crippen LogP) is 10.4. The van der Waals surface area contributed by atoms with Crippen LogP contribution in [-0.4, -0.2) is 56.0 Å². The van der Waals surface area contributed by atoms with Crippen LogP contribution in [-0.2, 0) is 17.9 Å². The van der Waals surface area contributed by atoms with E-state index in [1.54, 1.807) is 77.0 Å². The van der Waals surface area contributed by atoms with Gasteiger partial charge in [-0.3, -0.25) is 25.0 Å². The average molecular weight is 922 g/mol. The number of nitrogens with one attached hydrogen (secondary N) is 6. The van der Waals surface area contributed by atoms with Gasteiger partial charge in [-0.05, 0) is 82.9 Å². The molecule has 0 fully saturated rings. The fraction of sp³-hybridized carbons (Fsp3) is 0.157. The molecule has 2 aliphatic heterocycles. The Hall–Kier alpha value is -7.29. The van der Waals surface area contributed by atoms with Crippen molar-refractivity contribution in [3.8, 4) is 45.5 Å². The molecule has 13 nitrogen and oxygen atoms in total. The van der Waals surface area contributed by atoms with Crippen LogP contribution in [0.25, 0.3) is 44.3 Å². The van der Waals surface area contributed by atoms with Crippen molar-refractivity contribution >= 4 is 74.0 Å². The summed E-state index contributed by atoms with van der Waals surface area (Å²) >= 11 is 13.7. The Bertz CT molecular complexity index is 3030. The lowest BCUT2D eigenvalue weighted by Crippen LogP contribution is -2.32. The number of methoxy groups -OCH3 is 4. The molecule has 4 heterocycles. The molecule has 0 saturated carbocycles. The third-order valence-electron chi connectivity index (χ3n) is 12.3. The molecule has 2 amide bonds. The van der Waals surface area contributed by atoms with E-state index in [-0.39, 0.29) is 17.6 Å². The lowest BCUT2D eigenvalue weighted by molar-refractivity contribution is -0.123. The zero-order chi connectivity index (χ0) is 45.8. The number of amides is 2. The number of benzene rings is 6.